The highest BCUT2D eigenvalue weighted by atomic mass is 16.5. The number of ether oxygens (including phenoxy) is 2. The smallest absolute Gasteiger partial charge is 0.309 e. The number of rotatable bonds is 4. The Morgan fingerprint density at radius 1 is 1.26 bits per heavy atom. The van der Waals surface area contributed by atoms with Crippen LogP contribution in [0.5, 0.6) is 0 Å². The van der Waals surface area contributed by atoms with Gasteiger partial charge < -0.3 is 14.6 Å². The highest BCUT2D eigenvalue weighted by Crippen LogP contribution is 2.19. The van der Waals surface area contributed by atoms with Crippen molar-refractivity contribution in [3.05, 3.63) is 59.8 Å². The second-order valence-electron chi connectivity index (χ2n) is 8.54. The second kappa shape index (κ2) is 15.8. The first-order chi connectivity index (χ1) is 14.8. The maximum Gasteiger partial charge on any atom is 0.309 e. The zero-order valence-electron chi connectivity index (χ0n) is 20.0. The van der Waals surface area contributed by atoms with Crippen LogP contribution in [0.15, 0.2) is 59.8 Å². The topological polar surface area (TPSA) is 55.8 Å². The molecular formula is C27H42O4. The quantitative estimate of drug-likeness (QED) is 0.424. The molecule has 1 aliphatic rings. The summed E-state index contributed by atoms with van der Waals surface area (Å²) in [6.07, 6.45) is 20.3. The average molecular weight is 431 g/mol. The van der Waals surface area contributed by atoms with Crippen molar-refractivity contribution in [3.63, 3.8) is 0 Å². The van der Waals surface area contributed by atoms with Crippen LogP contribution in [0.1, 0.15) is 72.6 Å². The van der Waals surface area contributed by atoms with E-state index in [9.17, 15) is 9.90 Å². The molecule has 1 heterocycles. The molecule has 4 atom stereocenters. The number of carbonyl (C=O) groups excluding carboxylic acids is 1. The van der Waals surface area contributed by atoms with Gasteiger partial charge in [0.15, 0.2) is 0 Å². The minimum absolute atomic E-state index is 0.0192. The number of hydrogen-bond acceptors (Lipinski definition) is 4. The van der Waals surface area contributed by atoms with Gasteiger partial charge in [-0.3, -0.25) is 4.79 Å². The second-order valence-corrected chi connectivity index (χ2v) is 8.54. The maximum atomic E-state index is 12.4. The fourth-order valence-electron chi connectivity index (χ4n) is 3.71. The van der Waals surface area contributed by atoms with Crippen LogP contribution in [0.3, 0.4) is 0 Å². The fraction of sp³-hybridized carbons (Fsp3) is 0.593. The summed E-state index contributed by atoms with van der Waals surface area (Å²) >= 11 is 0. The number of aliphatic hydroxyl groups excluding tert-OH is 1. The lowest BCUT2D eigenvalue weighted by Gasteiger charge is -2.19. The Labute approximate surface area is 189 Å². The maximum absolute atomic E-state index is 12.4. The van der Waals surface area contributed by atoms with Gasteiger partial charge >= 0.3 is 5.97 Å². The molecule has 1 unspecified atom stereocenters. The van der Waals surface area contributed by atoms with Crippen LogP contribution in [0.2, 0.25) is 0 Å². The van der Waals surface area contributed by atoms with Crippen molar-refractivity contribution in [2.24, 2.45) is 5.92 Å². The Balaban J connectivity index is 2.94. The van der Waals surface area contributed by atoms with E-state index in [0.717, 1.165) is 31.3 Å². The lowest BCUT2D eigenvalue weighted by atomic mass is 9.97. The van der Waals surface area contributed by atoms with E-state index in [4.69, 9.17) is 9.47 Å². The summed E-state index contributed by atoms with van der Waals surface area (Å²) in [7, 11) is 1.73. The zero-order chi connectivity index (χ0) is 23.1. The third kappa shape index (κ3) is 12.5. The van der Waals surface area contributed by atoms with Crippen molar-refractivity contribution in [2.75, 3.05) is 7.11 Å². The Bertz CT molecular complexity index is 669. The summed E-state index contributed by atoms with van der Waals surface area (Å²) in [5.74, 6) is 0.0727. The molecule has 1 N–H and O–H groups in total. The summed E-state index contributed by atoms with van der Waals surface area (Å²) in [6.45, 7) is 8.35. The van der Waals surface area contributed by atoms with E-state index in [0.29, 0.717) is 18.8 Å². The standard InChI is InChI=1S/C27H42O4/c1-6-7-13-22(3)19-25-16-11-9-8-10-14-21(2)18-23(4)26(30-5)17-12-15-24(28)20-27(29)31-25/h6-11,18-19,21,24-26,28H,12-17,20H2,1-5H3/b7-6+,10-8+,11-9+,22-19-,23-18+/t21-,24-,25?,26+/m1/s1. The van der Waals surface area contributed by atoms with Gasteiger partial charge in [-0.25, -0.2) is 0 Å². The van der Waals surface area contributed by atoms with Gasteiger partial charge in [0.25, 0.3) is 0 Å². The van der Waals surface area contributed by atoms with Crippen molar-refractivity contribution < 1.29 is 19.4 Å². The number of carbonyl (C=O) groups is 1. The molecule has 0 radical (unpaired) electrons. The van der Waals surface area contributed by atoms with E-state index in [2.05, 4.69) is 38.2 Å². The van der Waals surface area contributed by atoms with Crippen LogP contribution >= 0.6 is 0 Å². The molecule has 4 heteroatoms. The molecule has 1 aliphatic heterocycles. The number of methoxy groups -OCH3 is 1. The first-order valence-electron chi connectivity index (χ1n) is 11.5. The van der Waals surface area contributed by atoms with Gasteiger partial charge in [-0.15, -0.1) is 0 Å². The van der Waals surface area contributed by atoms with Crippen molar-refractivity contribution in [2.45, 2.75) is 91.0 Å². The molecule has 31 heavy (non-hydrogen) atoms. The monoisotopic (exact) mass is 430 g/mol. The first kappa shape index (κ1) is 27.1. The summed E-state index contributed by atoms with van der Waals surface area (Å²) < 4.78 is 11.3. The minimum atomic E-state index is -0.695. The summed E-state index contributed by atoms with van der Waals surface area (Å²) in [4.78, 5) is 12.4. The molecule has 0 fully saturated rings. The first-order valence-corrected chi connectivity index (χ1v) is 11.5. The van der Waals surface area contributed by atoms with Crippen LogP contribution in [-0.2, 0) is 14.3 Å². The van der Waals surface area contributed by atoms with Crippen LogP contribution in [0.25, 0.3) is 0 Å². The normalized spacial score (nSPS) is 31.9. The minimum Gasteiger partial charge on any atom is -0.458 e. The number of esters is 1. The SMILES string of the molecule is C/C=C/C/C(C)=C\C1C/C=C/C=C/C[C@@H](C)/C=C(\C)[C@@H](OC)CCC[C@@H](O)CC(=O)O1. The van der Waals surface area contributed by atoms with Crippen LogP contribution in [0.4, 0.5) is 0 Å². The molecule has 4 nitrogen and oxygen atoms in total. The van der Waals surface area contributed by atoms with E-state index in [1.807, 2.05) is 38.2 Å². The van der Waals surface area contributed by atoms with Gasteiger partial charge in [0.2, 0.25) is 0 Å². The Hall–Kier alpha value is -1.91. The third-order valence-corrected chi connectivity index (χ3v) is 5.43. The molecule has 0 saturated heterocycles. The summed E-state index contributed by atoms with van der Waals surface area (Å²) in [5, 5.41) is 10.3. The van der Waals surface area contributed by atoms with Gasteiger partial charge in [-0.2, -0.15) is 0 Å². The lowest BCUT2D eigenvalue weighted by Crippen LogP contribution is -2.21. The molecule has 0 aromatic carbocycles. The molecule has 0 spiro atoms. The highest BCUT2D eigenvalue weighted by Gasteiger charge is 2.17. The molecule has 174 valence electrons. The average Bonchev–Trinajstić information content (AvgIpc) is 2.71. The Morgan fingerprint density at radius 2 is 1.97 bits per heavy atom. The predicted octanol–water partition coefficient (Wildman–Crippen LogP) is 6.24. The number of aliphatic hydroxyl groups is 1. The van der Waals surface area contributed by atoms with Gasteiger partial charge in [-0.1, -0.05) is 55.0 Å². The molecular weight excluding hydrogens is 388 g/mol. The van der Waals surface area contributed by atoms with Gasteiger partial charge in [0, 0.05) is 13.5 Å². The van der Waals surface area contributed by atoms with Crippen molar-refractivity contribution >= 4 is 5.97 Å². The molecule has 0 aromatic heterocycles. The Morgan fingerprint density at radius 3 is 2.65 bits per heavy atom. The van der Waals surface area contributed by atoms with Gasteiger partial charge in [0.05, 0.1) is 18.6 Å². The summed E-state index contributed by atoms with van der Waals surface area (Å²) in [5.41, 5.74) is 2.38. The van der Waals surface area contributed by atoms with Crippen LogP contribution in [0, 0.1) is 5.92 Å². The zero-order valence-corrected chi connectivity index (χ0v) is 20.0. The summed E-state index contributed by atoms with van der Waals surface area (Å²) in [6, 6.07) is 0. The molecule has 0 amide bonds. The molecule has 1 rings (SSSR count). The van der Waals surface area contributed by atoms with E-state index in [1.54, 1.807) is 7.11 Å². The van der Waals surface area contributed by atoms with Crippen molar-refractivity contribution in [3.8, 4) is 0 Å². The predicted molar refractivity (Wildman–Crippen MR) is 129 cm³/mol. The van der Waals surface area contributed by atoms with Crippen LogP contribution in [-0.4, -0.2) is 36.5 Å². The molecule has 0 saturated carbocycles. The van der Waals surface area contributed by atoms with E-state index in [1.165, 1.54) is 5.57 Å². The van der Waals surface area contributed by atoms with E-state index < -0.39 is 6.10 Å². The number of cyclic esters (lactones) is 1. The number of hydrogen-bond donors (Lipinski definition) is 1. The van der Waals surface area contributed by atoms with Gasteiger partial charge in [-0.05, 0) is 70.4 Å². The van der Waals surface area contributed by atoms with Crippen molar-refractivity contribution in [1.82, 2.24) is 0 Å². The molecule has 0 bridgehead atoms. The lowest BCUT2D eigenvalue weighted by molar-refractivity contribution is -0.149. The fourth-order valence-corrected chi connectivity index (χ4v) is 3.71. The van der Waals surface area contributed by atoms with Crippen LogP contribution < -0.4 is 0 Å². The van der Waals surface area contributed by atoms with E-state index >= 15 is 0 Å². The largest absolute Gasteiger partial charge is 0.458 e. The highest BCUT2D eigenvalue weighted by molar-refractivity contribution is 5.70. The van der Waals surface area contributed by atoms with Gasteiger partial charge in [0.1, 0.15) is 6.10 Å². The molecule has 0 aromatic rings. The van der Waals surface area contributed by atoms with E-state index in [-0.39, 0.29) is 24.6 Å². The molecule has 0 aliphatic carbocycles. The van der Waals surface area contributed by atoms with Crippen molar-refractivity contribution in [1.29, 1.82) is 0 Å². The number of allylic oxidation sites excluding steroid dienone is 7. The third-order valence-electron chi connectivity index (χ3n) is 5.43. The Kier molecular flexibility index (Phi) is 13.8.